The quantitative estimate of drug-likeness (QED) is 0.0197. The summed E-state index contributed by atoms with van der Waals surface area (Å²) in [7, 11) is -5.08. The highest BCUT2D eigenvalue weighted by Gasteiger charge is 2.48. The van der Waals surface area contributed by atoms with Gasteiger partial charge in [0.05, 0.1) is 25.4 Å². The number of carbonyl (C=O) groups is 1. The smallest absolute Gasteiger partial charge is 0.394 e. The van der Waals surface area contributed by atoms with Crippen molar-refractivity contribution in [3.8, 4) is 0 Å². The Hall–Kier alpha value is -1.42. The number of hydrogen-bond donors (Lipinski definition) is 6. The molecule has 1 saturated heterocycles. The topological polar surface area (TPSA) is 192 Å². The Balaban J connectivity index is 2.53. The fourth-order valence-corrected chi connectivity index (χ4v) is 7.84. The summed E-state index contributed by atoms with van der Waals surface area (Å²) in [6.07, 6.45) is 32.1. The molecule has 1 rings (SSSR count). The summed E-state index contributed by atoms with van der Waals surface area (Å²) in [5.74, 6) is -0.267. The van der Waals surface area contributed by atoms with E-state index < -0.39 is 59.9 Å². The molecule has 12 nitrogen and oxygen atoms in total. The maximum atomic E-state index is 13.0. The van der Waals surface area contributed by atoms with Crippen molar-refractivity contribution in [2.75, 3.05) is 13.2 Å². The summed E-state index contributed by atoms with van der Waals surface area (Å²) in [6.45, 7) is 3.37. The number of amides is 1. The molecule has 7 atom stereocenters. The van der Waals surface area contributed by atoms with Crippen molar-refractivity contribution in [1.29, 1.82) is 0 Å². The maximum Gasteiger partial charge on any atom is 0.397 e. The first-order valence-electron chi connectivity index (χ1n) is 23.2. The average Bonchev–Trinajstić information content (AvgIpc) is 3.19. The van der Waals surface area contributed by atoms with Crippen LogP contribution < -0.4 is 5.32 Å². The van der Waals surface area contributed by atoms with E-state index in [1.54, 1.807) is 6.08 Å². The molecule has 0 aromatic rings. The Labute approximate surface area is 352 Å². The highest BCUT2D eigenvalue weighted by molar-refractivity contribution is 7.80. The van der Waals surface area contributed by atoms with Crippen LogP contribution in [0.15, 0.2) is 24.3 Å². The highest BCUT2D eigenvalue weighted by Crippen LogP contribution is 2.26. The predicted octanol–water partition coefficient (Wildman–Crippen LogP) is 8.94. The number of ether oxygens (including phenoxy) is 2. The lowest BCUT2D eigenvalue weighted by atomic mass is 9.99. The van der Waals surface area contributed by atoms with Crippen LogP contribution in [0.2, 0.25) is 0 Å². The number of unbranched alkanes of at least 4 members (excludes halogenated alkanes) is 25. The minimum Gasteiger partial charge on any atom is -0.394 e. The molecular weight excluding hydrogens is 763 g/mol. The lowest BCUT2D eigenvalue weighted by molar-refractivity contribution is -0.298. The molecule has 0 aromatic heterocycles. The Kier molecular flexibility index (Phi) is 34.1. The van der Waals surface area contributed by atoms with Crippen LogP contribution in [0.5, 0.6) is 0 Å². The molecule has 6 N–H and O–H groups in total. The SMILES string of the molecule is CCCCCCCC/C=C\CCCCCCCCCC(=O)NC(COC1OC(CO)C(O)C(OS(=O)(=O)O)C1O)C(O)/C=C/CCCCCCCCCCCCCC. The minimum absolute atomic E-state index is 0.265. The zero-order valence-corrected chi connectivity index (χ0v) is 37.2. The molecule has 13 heteroatoms. The van der Waals surface area contributed by atoms with Crippen LogP contribution in [0, 0.1) is 0 Å². The molecule has 1 heterocycles. The van der Waals surface area contributed by atoms with Gasteiger partial charge in [-0.2, -0.15) is 8.42 Å². The molecule has 342 valence electrons. The monoisotopic (exact) mass is 848 g/mol. The Morgan fingerprint density at radius 1 is 0.672 bits per heavy atom. The lowest BCUT2D eigenvalue weighted by Crippen LogP contribution is -2.61. The van der Waals surface area contributed by atoms with Crippen molar-refractivity contribution < 1.29 is 51.8 Å². The second-order valence-electron chi connectivity index (χ2n) is 16.3. The van der Waals surface area contributed by atoms with Gasteiger partial charge in [-0.3, -0.25) is 9.35 Å². The van der Waals surface area contributed by atoms with Gasteiger partial charge in [0.2, 0.25) is 5.91 Å². The van der Waals surface area contributed by atoms with Gasteiger partial charge in [0.1, 0.15) is 24.4 Å². The van der Waals surface area contributed by atoms with Crippen LogP contribution in [0.1, 0.15) is 200 Å². The molecule has 7 unspecified atom stereocenters. The zero-order chi connectivity index (χ0) is 42.7. The summed E-state index contributed by atoms with van der Waals surface area (Å²) >= 11 is 0. The molecular formula is C45H85NO11S. The van der Waals surface area contributed by atoms with E-state index in [2.05, 4.69) is 35.5 Å². The van der Waals surface area contributed by atoms with Gasteiger partial charge in [0.15, 0.2) is 6.29 Å². The van der Waals surface area contributed by atoms with Crippen LogP contribution in [-0.4, -0.2) is 95.4 Å². The van der Waals surface area contributed by atoms with Gasteiger partial charge in [0.25, 0.3) is 0 Å². The summed E-state index contributed by atoms with van der Waals surface area (Å²) < 4.78 is 47.6. The number of aliphatic hydroxyl groups excluding tert-OH is 4. The van der Waals surface area contributed by atoms with Gasteiger partial charge in [-0.05, 0) is 44.9 Å². The van der Waals surface area contributed by atoms with E-state index >= 15 is 0 Å². The third-order valence-electron chi connectivity index (χ3n) is 11.0. The summed E-state index contributed by atoms with van der Waals surface area (Å²) in [6, 6.07) is -0.943. The molecule has 1 fully saturated rings. The molecule has 0 aromatic carbocycles. The van der Waals surface area contributed by atoms with Crippen LogP contribution in [0.3, 0.4) is 0 Å². The Bertz CT molecular complexity index is 1140. The third kappa shape index (κ3) is 28.9. The van der Waals surface area contributed by atoms with Gasteiger partial charge in [-0.15, -0.1) is 0 Å². The van der Waals surface area contributed by atoms with Crippen molar-refractivity contribution in [2.45, 2.75) is 243 Å². The second kappa shape index (κ2) is 36.3. The predicted molar refractivity (Wildman–Crippen MR) is 232 cm³/mol. The van der Waals surface area contributed by atoms with Crippen LogP contribution in [-0.2, 0) is 28.9 Å². The van der Waals surface area contributed by atoms with Crippen LogP contribution in [0.4, 0.5) is 0 Å². The first kappa shape index (κ1) is 54.6. The molecule has 0 saturated carbocycles. The molecule has 0 spiro atoms. The average molecular weight is 848 g/mol. The maximum absolute atomic E-state index is 13.0. The van der Waals surface area contributed by atoms with E-state index in [4.69, 9.17) is 9.47 Å². The van der Waals surface area contributed by atoms with Crippen molar-refractivity contribution >= 4 is 16.3 Å². The van der Waals surface area contributed by atoms with E-state index in [1.165, 1.54) is 128 Å². The van der Waals surface area contributed by atoms with Crippen molar-refractivity contribution in [1.82, 2.24) is 5.32 Å². The summed E-state index contributed by atoms with van der Waals surface area (Å²) in [4.78, 5) is 13.0. The summed E-state index contributed by atoms with van der Waals surface area (Å²) in [5.41, 5.74) is 0. The zero-order valence-electron chi connectivity index (χ0n) is 36.4. The minimum atomic E-state index is -5.08. The number of rotatable bonds is 39. The number of allylic oxidation sites excluding steroid dienone is 3. The van der Waals surface area contributed by atoms with Crippen molar-refractivity contribution in [3.05, 3.63) is 24.3 Å². The standard InChI is InChI=1S/C45H85NO11S/c1-3-5-7-9-11-13-15-17-19-20-21-23-25-27-29-31-33-35-41(49)46-38(37-55-45-43(51)44(57-58(52,53)54)42(50)40(36-47)56-45)39(48)34-32-30-28-26-24-22-18-16-14-12-10-8-6-4-2/h17,19,32,34,38-40,42-45,47-48,50-51H,3-16,18,20-31,33,35-37H2,1-2H3,(H,46,49)(H,52,53,54)/b19-17-,34-32+. The van der Waals surface area contributed by atoms with E-state index in [0.717, 1.165) is 44.9 Å². The lowest BCUT2D eigenvalue weighted by Gasteiger charge is -2.41. The number of hydrogen-bond acceptors (Lipinski definition) is 10. The number of carbonyl (C=O) groups excluding carboxylic acids is 1. The number of aliphatic hydroxyl groups is 4. The van der Waals surface area contributed by atoms with Gasteiger partial charge in [-0.25, -0.2) is 4.18 Å². The first-order chi connectivity index (χ1) is 28.0. The van der Waals surface area contributed by atoms with Gasteiger partial charge in [-0.1, -0.05) is 173 Å². The highest BCUT2D eigenvalue weighted by atomic mass is 32.3. The van der Waals surface area contributed by atoms with Gasteiger partial charge in [0, 0.05) is 6.42 Å². The number of nitrogens with one attached hydrogen (secondary N) is 1. The fraction of sp³-hybridized carbons (Fsp3) is 0.889. The molecule has 0 radical (unpaired) electrons. The molecule has 0 aliphatic carbocycles. The Morgan fingerprint density at radius 3 is 1.55 bits per heavy atom. The van der Waals surface area contributed by atoms with Crippen LogP contribution >= 0.6 is 0 Å². The van der Waals surface area contributed by atoms with Gasteiger partial charge >= 0.3 is 10.4 Å². The van der Waals surface area contributed by atoms with Crippen LogP contribution in [0.25, 0.3) is 0 Å². The molecule has 58 heavy (non-hydrogen) atoms. The van der Waals surface area contributed by atoms with E-state index in [-0.39, 0.29) is 18.9 Å². The van der Waals surface area contributed by atoms with E-state index in [9.17, 15) is 38.2 Å². The molecule has 1 amide bonds. The largest absolute Gasteiger partial charge is 0.397 e. The molecule has 1 aliphatic rings. The van der Waals surface area contributed by atoms with Crippen molar-refractivity contribution in [3.63, 3.8) is 0 Å². The van der Waals surface area contributed by atoms with Gasteiger partial charge < -0.3 is 35.2 Å². The van der Waals surface area contributed by atoms with Crippen molar-refractivity contribution in [2.24, 2.45) is 0 Å². The molecule has 1 aliphatic heterocycles. The summed E-state index contributed by atoms with van der Waals surface area (Å²) in [5, 5.41) is 44.7. The Morgan fingerprint density at radius 2 is 1.10 bits per heavy atom. The molecule has 0 bridgehead atoms. The first-order valence-corrected chi connectivity index (χ1v) is 24.6. The van der Waals surface area contributed by atoms with E-state index in [1.807, 2.05) is 6.08 Å². The van der Waals surface area contributed by atoms with E-state index in [0.29, 0.717) is 6.42 Å². The normalized spacial score (nSPS) is 21.3. The second-order valence-corrected chi connectivity index (χ2v) is 17.4. The fourth-order valence-electron chi connectivity index (χ4n) is 7.33. The third-order valence-corrected chi connectivity index (χ3v) is 11.4.